The summed E-state index contributed by atoms with van der Waals surface area (Å²) < 4.78 is 5.91. The SMILES string of the molecule is O=C(O)C1=CCC=Cc2cccc(-c3c4ccc(=O)cc-4oc4cc(O)ccc34)c21. The highest BCUT2D eigenvalue weighted by molar-refractivity contribution is 6.20. The Kier molecular flexibility index (Phi) is 4.03. The van der Waals surface area contributed by atoms with E-state index >= 15 is 0 Å². The van der Waals surface area contributed by atoms with E-state index in [9.17, 15) is 19.8 Å². The predicted octanol–water partition coefficient (Wildman–Crippen LogP) is 5.16. The number of aromatic hydroxyl groups is 1. The zero-order valence-electron chi connectivity index (χ0n) is 15.8. The second-order valence-corrected chi connectivity index (χ2v) is 7.15. The summed E-state index contributed by atoms with van der Waals surface area (Å²) in [7, 11) is 0. The standard InChI is InChI=1S/C25H16O5/c26-15-8-10-17-21(12-15)30-22-13-16(27)9-11-18(22)24(17)19-7-3-5-14-4-1-2-6-20(23(14)19)25(28)29/h1,3-13,26H,2H2,(H,28,29). The van der Waals surface area contributed by atoms with Gasteiger partial charge in [-0.25, -0.2) is 4.79 Å². The first-order valence-electron chi connectivity index (χ1n) is 9.46. The molecule has 1 heterocycles. The van der Waals surface area contributed by atoms with Crippen molar-refractivity contribution >= 4 is 28.6 Å². The third kappa shape index (κ3) is 2.79. The van der Waals surface area contributed by atoms with Crippen LogP contribution in [0.5, 0.6) is 5.75 Å². The average Bonchev–Trinajstić information content (AvgIpc) is 2.94. The summed E-state index contributed by atoms with van der Waals surface area (Å²) in [4.78, 5) is 24.0. The maximum atomic E-state index is 12.1. The lowest BCUT2D eigenvalue weighted by Crippen LogP contribution is -2.05. The molecule has 0 amide bonds. The quantitative estimate of drug-likeness (QED) is 0.457. The number of fused-ring (bicyclic) bond motifs is 3. The zero-order valence-corrected chi connectivity index (χ0v) is 15.8. The molecule has 2 N–H and O–H groups in total. The summed E-state index contributed by atoms with van der Waals surface area (Å²) in [6, 6.07) is 15.0. The van der Waals surface area contributed by atoms with E-state index in [0.717, 1.165) is 16.7 Å². The fourth-order valence-electron chi connectivity index (χ4n) is 4.04. The minimum absolute atomic E-state index is 0.0378. The van der Waals surface area contributed by atoms with Crippen LogP contribution >= 0.6 is 0 Å². The van der Waals surface area contributed by atoms with Gasteiger partial charge in [0.25, 0.3) is 0 Å². The Hall–Kier alpha value is -4.12. The molecular formula is C25H16O5. The molecule has 2 aromatic rings. The largest absolute Gasteiger partial charge is 0.508 e. The second kappa shape index (κ2) is 6.74. The molecule has 0 spiro atoms. The first kappa shape index (κ1) is 17.9. The maximum absolute atomic E-state index is 12.1. The van der Waals surface area contributed by atoms with E-state index in [-0.39, 0.29) is 16.8 Å². The molecule has 0 bridgehead atoms. The third-order valence-corrected chi connectivity index (χ3v) is 5.30. The van der Waals surface area contributed by atoms with Gasteiger partial charge in [-0.2, -0.15) is 0 Å². The molecule has 2 aromatic carbocycles. The molecular weight excluding hydrogens is 380 g/mol. The van der Waals surface area contributed by atoms with E-state index in [4.69, 9.17) is 4.42 Å². The van der Waals surface area contributed by atoms with Crippen LogP contribution < -0.4 is 5.43 Å². The topological polar surface area (TPSA) is 87.7 Å². The van der Waals surface area contributed by atoms with Crippen molar-refractivity contribution in [3.63, 3.8) is 0 Å². The van der Waals surface area contributed by atoms with Crippen LogP contribution in [0, 0.1) is 0 Å². The van der Waals surface area contributed by atoms with Crippen molar-refractivity contribution < 1.29 is 19.4 Å². The van der Waals surface area contributed by atoms with E-state index < -0.39 is 5.97 Å². The molecule has 3 aliphatic rings. The van der Waals surface area contributed by atoms with Gasteiger partial charge in [0.2, 0.25) is 0 Å². The van der Waals surface area contributed by atoms with Gasteiger partial charge in [0.1, 0.15) is 17.1 Å². The van der Waals surface area contributed by atoms with Crippen molar-refractivity contribution in [3.8, 4) is 28.2 Å². The molecule has 5 nitrogen and oxygen atoms in total. The lowest BCUT2D eigenvalue weighted by atomic mass is 9.86. The summed E-state index contributed by atoms with van der Waals surface area (Å²) in [5, 5.41) is 20.5. The Balaban J connectivity index is 1.97. The summed E-state index contributed by atoms with van der Waals surface area (Å²) in [5.41, 5.74) is 4.04. The van der Waals surface area contributed by atoms with Gasteiger partial charge in [-0.3, -0.25) is 4.79 Å². The lowest BCUT2D eigenvalue weighted by molar-refractivity contribution is -0.130. The summed E-state index contributed by atoms with van der Waals surface area (Å²) in [6.07, 6.45) is 6.07. The number of hydrogen-bond acceptors (Lipinski definition) is 4. The molecule has 5 heteroatoms. The van der Waals surface area contributed by atoms with Gasteiger partial charge < -0.3 is 14.6 Å². The van der Waals surface area contributed by atoms with Crippen LogP contribution in [-0.2, 0) is 4.79 Å². The molecule has 0 saturated carbocycles. The zero-order chi connectivity index (χ0) is 20.8. The molecule has 0 aromatic heterocycles. The van der Waals surface area contributed by atoms with Crippen LogP contribution in [0.4, 0.5) is 0 Å². The first-order valence-corrected chi connectivity index (χ1v) is 9.46. The average molecular weight is 396 g/mol. The number of phenolic OH excluding ortho intramolecular Hbond substituents is 1. The molecule has 0 fully saturated rings. The number of hydrogen-bond donors (Lipinski definition) is 2. The minimum atomic E-state index is -0.999. The van der Waals surface area contributed by atoms with E-state index in [2.05, 4.69) is 0 Å². The van der Waals surface area contributed by atoms with Crippen LogP contribution in [0.25, 0.3) is 45.1 Å². The number of carbonyl (C=O) groups is 1. The van der Waals surface area contributed by atoms with Crippen molar-refractivity contribution in [3.05, 3.63) is 88.1 Å². The van der Waals surface area contributed by atoms with Gasteiger partial charge in [0.05, 0.1) is 5.57 Å². The molecule has 0 atom stereocenters. The van der Waals surface area contributed by atoms with Gasteiger partial charge in [-0.05, 0) is 41.8 Å². The highest BCUT2D eigenvalue weighted by atomic mass is 16.4. The van der Waals surface area contributed by atoms with Crippen LogP contribution in [0.3, 0.4) is 0 Å². The Morgan fingerprint density at radius 2 is 1.83 bits per heavy atom. The Labute approximate surface area is 171 Å². The molecule has 1 aliphatic heterocycles. The molecule has 2 aliphatic carbocycles. The number of phenols is 1. The van der Waals surface area contributed by atoms with Crippen molar-refractivity contribution in [2.24, 2.45) is 0 Å². The van der Waals surface area contributed by atoms with Crippen molar-refractivity contribution in [1.82, 2.24) is 0 Å². The first-order chi connectivity index (χ1) is 14.5. The highest BCUT2D eigenvalue weighted by Crippen LogP contribution is 2.44. The van der Waals surface area contributed by atoms with Gasteiger partial charge >= 0.3 is 5.97 Å². The summed E-state index contributed by atoms with van der Waals surface area (Å²) >= 11 is 0. The highest BCUT2D eigenvalue weighted by Gasteiger charge is 2.24. The number of carboxylic acids is 1. The van der Waals surface area contributed by atoms with Crippen molar-refractivity contribution in [1.29, 1.82) is 0 Å². The molecule has 0 saturated heterocycles. The van der Waals surface area contributed by atoms with Gasteiger partial charge in [0.15, 0.2) is 5.43 Å². The Morgan fingerprint density at radius 1 is 0.967 bits per heavy atom. The molecule has 0 unspecified atom stereocenters. The van der Waals surface area contributed by atoms with Crippen LogP contribution in [0.1, 0.15) is 17.5 Å². The predicted molar refractivity (Wildman–Crippen MR) is 115 cm³/mol. The van der Waals surface area contributed by atoms with E-state index in [0.29, 0.717) is 34.3 Å². The fraction of sp³-hybridized carbons (Fsp3) is 0.0400. The van der Waals surface area contributed by atoms with Crippen LogP contribution in [0.15, 0.2) is 76.0 Å². The smallest absolute Gasteiger partial charge is 0.336 e. The number of carboxylic acid groups (broad SMARTS) is 1. The molecule has 0 radical (unpaired) electrons. The van der Waals surface area contributed by atoms with Crippen molar-refractivity contribution in [2.45, 2.75) is 6.42 Å². The monoisotopic (exact) mass is 396 g/mol. The molecule has 5 rings (SSSR count). The van der Waals surface area contributed by atoms with E-state index in [1.54, 1.807) is 24.3 Å². The van der Waals surface area contributed by atoms with Gasteiger partial charge in [0, 0.05) is 34.2 Å². The fourth-order valence-corrected chi connectivity index (χ4v) is 4.04. The Bertz CT molecular complexity index is 1420. The minimum Gasteiger partial charge on any atom is -0.508 e. The summed E-state index contributed by atoms with van der Waals surface area (Å²) in [6.45, 7) is 0. The van der Waals surface area contributed by atoms with E-state index in [1.807, 2.05) is 30.4 Å². The molecule has 30 heavy (non-hydrogen) atoms. The van der Waals surface area contributed by atoms with Crippen LogP contribution in [-0.4, -0.2) is 16.2 Å². The number of benzene rings is 3. The summed E-state index contributed by atoms with van der Waals surface area (Å²) in [5.74, 6) is -0.588. The van der Waals surface area contributed by atoms with E-state index in [1.165, 1.54) is 18.2 Å². The third-order valence-electron chi connectivity index (χ3n) is 5.30. The normalized spacial score (nSPS) is 13.1. The van der Waals surface area contributed by atoms with Crippen LogP contribution in [0.2, 0.25) is 0 Å². The maximum Gasteiger partial charge on any atom is 0.336 e. The van der Waals surface area contributed by atoms with Gasteiger partial charge in [-0.15, -0.1) is 0 Å². The van der Waals surface area contributed by atoms with Crippen molar-refractivity contribution in [2.75, 3.05) is 0 Å². The second-order valence-electron chi connectivity index (χ2n) is 7.15. The number of rotatable bonds is 2. The molecule has 146 valence electrons. The number of aliphatic carboxylic acids is 1. The number of allylic oxidation sites excluding steroid dienone is 2. The Morgan fingerprint density at radius 3 is 2.67 bits per heavy atom. The lowest BCUT2D eigenvalue weighted by Gasteiger charge is -2.19. The van der Waals surface area contributed by atoms with Gasteiger partial charge in [-0.1, -0.05) is 36.4 Å².